The van der Waals surface area contributed by atoms with Gasteiger partial charge in [-0.2, -0.15) is 5.26 Å². The number of anilines is 1. The van der Waals surface area contributed by atoms with Crippen LogP contribution in [0.1, 0.15) is 5.56 Å². The number of aromatic nitrogens is 1. The van der Waals surface area contributed by atoms with Crippen LogP contribution in [0.5, 0.6) is 5.75 Å². The monoisotopic (exact) mass is 308 g/mol. The van der Waals surface area contributed by atoms with Gasteiger partial charge in [0, 0.05) is 18.9 Å². The van der Waals surface area contributed by atoms with Gasteiger partial charge in [0.05, 0.1) is 19.0 Å². The van der Waals surface area contributed by atoms with Crippen LogP contribution in [0.3, 0.4) is 0 Å². The van der Waals surface area contributed by atoms with Crippen molar-refractivity contribution in [2.45, 2.75) is 6.54 Å². The summed E-state index contributed by atoms with van der Waals surface area (Å²) in [5.74, 6) is 0.304. The predicted molar refractivity (Wildman–Crippen MR) is 86.4 cm³/mol. The summed E-state index contributed by atoms with van der Waals surface area (Å²) < 4.78 is 5.07. The minimum atomic E-state index is -0.445. The van der Waals surface area contributed by atoms with Crippen LogP contribution >= 0.6 is 0 Å². The van der Waals surface area contributed by atoms with Gasteiger partial charge < -0.3 is 15.4 Å². The van der Waals surface area contributed by atoms with E-state index in [1.807, 2.05) is 30.3 Å². The van der Waals surface area contributed by atoms with Crippen molar-refractivity contribution in [2.75, 3.05) is 12.4 Å². The number of methoxy groups -OCH3 is 1. The van der Waals surface area contributed by atoms with Gasteiger partial charge in [-0.05, 0) is 29.8 Å². The summed E-state index contributed by atoms with van der Waals surface area (Å²) in [6.45, 7) is 0.328. The Balaban J connectivity index is 1.93. The fraction of sp³-hybridized carbons (Fsp3) is 0.118. The second kappa shape index (κ2) is 8.20. The maximum atomic E-state index is 12.0. The molecule has 0 aliphatic rings. The van der Waals surface area contributed by atoms with E-state index in [0.717, 1.165) is 11.3 Å². The van der Waals surface area contributed by atoms with E-state index in [2.05, 4.69) is 15.6 Å². The summed E-state index contributed by atoms with van der Waals surface area (Å²) in [6.07, 6.45) is 4.60. The number of ether oxygens (including phenoxy) is 1. The molecule has 6 nitrogen and oxygen atoms in total. The summed E-state index contributed by atoms with van der Waals surface area (Å²) in [5.41, 5.74) is 1.60. The summed E-state index contributed by atoms with van der Waals surface area (Å²) >= 11 is 0. The summed E-state index contributed by atoms with van der Waals surface area (Å²) in [4.78, 5) is 15.9. The molecule has 2 rings (SSSR count). The molecule has 0 spiro atoms. The van der Waals surface area contributed by atoms with Crippen molar-refractivity contribution in [3.8, 4) is 11.8 Å². The molecule has 0 radical (unpaired) electrons. The topological polar surface area (TPSA) is 87.0 Å². The Hall–Kier alpha value is -3.33. The van der Waals surface area contributed by atoms with E-state index in [4.69, 9.17) is 10.00 Å². The molecule has 0 bridgehead atoms. The smallest absolute Gasteiger partial charge is 0.263 e. The number of rotatable bonds is 6. The van der Waals surface area contributed by atoms with Gasteiger partial charge in [0.2, 0.25) is 0 Å². The highest BCUT2D eigenvalue weighted by Gasteiger charge is 2.08. The van der Waals surface area contributed by atoms with Crippen molar-refractivity contribution < 1.29 is 9.53 Å². The van der Waals surface area contributed by atoms with Crippen LogP contribution in [0.15, 0.2) is 60.6 Å². The Morgan fingerprint density at radius 2 is 2.13 bits per heavy atom. The van der Waals surface area contributed by atoms with Crippen LogP contribution in [0, 0.1) is 11.3 Å². The first-order valence-electron chi connectivity index (χ1n) is 6.91. The number of nitrogens with one attached hydrogen (secondary N) is 2. The lowest BCUT2D eigenvalue weighted by atomic mass is 10.2. The molecule has 0 aliphatic heterocycles. The lowest BCUT2D eigenvalue weighted by Gasteiger charge is -2.06. The van der Waals surface area contributed by atoms with E-state index in [9.17, 15) is 4.79 Å². The molecular formula is C17H16N4O2. The lowest BCUT2D eigenvalue weighted by molar-refractivity contribution is -0.117. The number of hydrogen-bond donors (Lipinski definition) is 2. The molecule has 0 saturated heterocycles. The van der Waals surface area contributed by atoms with Crippen LogP contribution in [-0.4, -0.2) is 18.0 Å². The highest BCUT2D eigenvalue weighted by molar-refractivity contribution is 5.97. The number of nitriles is 1. The maximum Gasteiger partial charge on any atom is 0.263 e. The number of amides is 1. The molecule has 0 saturated carbocycles. The highest BCUT2D eigenvalue weighted by Crippen LogP contribution is 2.11. The van der Waals surface area contributed by atoms with E-state index in [-0.39, 0.29) is 5.57 Å². The van der Waals surface area contributed by atoms with Gasteiger partial charge in [-0.15, -0.1) is 0 Å². The first-order chi connectivity index (χ1) is 11.2. The molecule has 6 heteroatoms. The van der Waals surface area contributed by atoms with Gasteiger partial charge in [-0.1, -0.05) is 12.1 Å². The average Bonchev–Trinajstić information content (AvgIpc) is 2.61. The van der Waals surface area contributed by atoms with E-state index in [1.54, 1.807) is 31.6 Å². The van der Waals surface area contributed by atoms with Crippen LogP contribution < -0.4 is 15.4 Å². The van der Waals surface area contributed by atoms with Crippen LogP contribution in [0.4, 0.5) is 5.69 Å². The minimum absolute atomic E-state index is 0.0117. The number of nitrogens with zero attached hydrogens (tertiary/aromatic N) is 2. The predicted octanol–water partition coefficient (Wildman–Crippen LogP) is 2.23. The van der Waals surface area contributed by atoms with Crippen LogP contribution in [0.25, 0.3) is 0 Å². The van der Waals surface area contributed by atoms with Gasteiger partial charge >= 0.3 is 0 Å². The largest absolute Gasteiger partial charge is 0.497 e. The third kappa shape index (κ3) is 4.86. The third-order valence-electron chi connectivity index (χ3n) is 3.02. The average molecular weight is 308 g/mol. The van der Waals surface area contributed by atoms with Gasteiger partial charge in [0.25, 0.3) is 5.91 Å². The lowest BCUT2D eigenvalue weighted by Crippen LogP contribution is -2.24. The highest BCUT2D eigenvalue weighted by atomic mass is 16.5. The van der Waals surface area contributed by atoms with E-state index in [0.29, 0.717) is 12.2 Å². The molecule has 116 valence electrons. The first-order valence-corrected chi connectivity index (χ1v) is 6.91. The molecule has 0 fully saturated rings. The van der Waals surface area contributed by atoms with Crippen LogP contribution in [-0.2, 0) is 11.3 Å². The Bertz CT molecular complexity index is 719. The second-order valence-corrected chi connectivity index (χ2v) is 4.59. The number of pyridine rings is 1. The normalized spacial score (nSPS) is 10.5. The molecule has 2 N–H and O–H groups in total. The summed E-state index contributed by atoms with van der Waals surface area (Å²) in [6, 6.07) is 12.7. The standard InChI is InChI=1S/C17H16N4O2/c1-23-16-6-4-13(5-7-16)10-21-17(22)14(9-18)11-20-15-3-2-8-19-12-15/h2-8,11-12,20H,10H2,1H3,(H,21,22)/b14-11-. The maximum absolute atomic E-state index is 12.0. The molecule has 23 heavy (non-hydrogen) atoms. The number of hydrogen-bond acceptors (Lipinski definition) is 5. The van der Waals surface area contributed by atoms with Crippen molar-refractivity contribution in [3.63, 3.8) is 0 Å². The SMILES string of the molecule is COc1ccc(CNC(=O)/C(C#N)=C\Nc2cccnc2)cc1. The molecule has 1 heterocycles. The van der Waals surface area contributed by atoms with E-state index < -0.39 is 5.91 Å². The third-order valence-corrected chi connectivity index (χ3v) is 3.02. The zero-order valence-electron chi connectivity index (χ0n) is 12.6. The van der Waals surface area contributed by atoms with Gasteiger partial charge in [0.1, 0.15) is 17.4 Å². The Morgan fingerprint density at radius 1 is 1.35 bits per heavy atom. The van der Waals surface area contributed by atoms with Crippen molar-refractivity contribution in [1.29, 1.82) is 5.26 Å². The molecule has 0 atom stereocenters. The molecule has 0 aliphatic carbocycles. The number of benzene rings is 1. The second-order valence-electron chi connectivity index (χ2n) is 4.59. The summed E-state index contributed by atoms with van der Waals surface area (Å²) in [5, 5.41) is 14.7. The van der Waals surface area contributed by atoms with E-state index in [1.165, 1.54) is 6.20 Å². The summed E-state index contributed by atoms with van der Waals surface area (Å²) in [7, 11) is 1.59. The van der Waals surface area contributed by atoms with Crippen molar-refractivity contribution in [1.82, 2.24) is 10.3 Å². The fourth-order valence-electron chi connectivity index (χ4n) is 1.77. The van der Waals surface area contributed by atoms with Crippen molar-refractivity contribution >= 4 is 11.6 Å². The molecule has 2 aromatic rings. The Labute approximate surface area is 134 Å². The van der Waals surface area contributed by atoms with Gasteiger partial charge in [0.15, 0.2) is 0 Å². The number of carbonyl (C=O) groups excluding carboxylic acids is 1. The number of carbonyl (C=O) groups is 1. The minimum Gasteiger partial charge on any atom is -0.497 e. The van der Waals surface area contributed by atoms with Crippen molar-refractivity contribution in [2.24, 2.45) is 0 Å². The first kappa shape index (κ1) is 16.0. The van der Waals surface area contributed by atoms with Crippen LogP contribution in [0.2, 0.25) is 0 Å². The zero-order valence-corrected chi connectivity index (χ0v) is 12.6. The zero-order chi connectivity index (χ0) is 16.5. The van der Waals surface area contributed by atoms with Gasteiger partial charge in [-0.25, -0.2) is 0 Å². The molecule has 1 aromatic heterocycles. The quantitative estimate of drug-likeness (QED) is 0.631. The molecular weight excluding hydrogens is 292 g/mol. The molecule has 1 aromatic carbocycles. The Kier molecular flexibility index (Phi) is 5.72. The molecule has 0 unspecified atom stereocenters. The van der Waals surface area contributed by atoms with Crippen molar-refractivity contribution in [3.05, 3.63) is 66.1 Å². The van der Waals surface area contributed by atoms with E-state index >= 15 is 0 Å². The van der Waals surface area contributed by atoms with Gasteiger partial charge in [-0.3, -0.25) is 9.78 Å². The Morgan fingerprint density at radius 3 is 2.74 bits per heavy atom. The molecule has 1 amide bonds. The fourth-order valence-corrected chi connectivity index (χ4v) is 1.77.